The summed E-state index contributed by atoms with van der Waals surface area (Å²) in [7, 11) is 0. The van der Waals surface area contributed by atoms with Crippen molar-refractivity contribution in [1.82, 2.24) is 4.90 Å². The number of imide groups is 1. The first-order valence-corrected chi connectivity index (χ1v) is 6.72. The zero-order valence-electron chi connectivity index (χ0n) is 9.95. The molecule has 0 aliphatic carbocycles. The van der Waals surface area contributed by atoms with Crippen LogP contribution < -0.4 is 4.74 Å². The van der Waals surface area contributed by atoms with E-state index in [9.17, 15) is 9.59 Å². The van der Waals surface area contributed by atoms with Gasteiger partial charge in [-0.05, 0) is 25.5 Å². The van der Waals surface area contributed by atoms with E-state index in [1.165, 1.54) is 12.1 Å². The summed E-state index contributed by atoms with van der Waals surface area (Å²) in [5.41, 5.74) is 0. The molecule has 1 aliphatic heterocycles. The number of hydrogen-bond donors (Lipinski definition) is 0. The molecule has 1 aromatic rings. The Labute approximate surface area is 125 Å². The topological polar surface area (TPSA) is 46.6 Å². The van der Waals surface area contributed by atoms with Gasteiger partial charge in [-0.15, -0.1) is 0 Å². The van der Waals surface area contributed by atoms with E-state index < -0.39 is 6.09 Å². The lowest BCUT2D eigenvalue weighted by atomic mass is 10.2. The first-order valence-electron chi connectivity index (χ1n) is 5.59. The van der Waals surface area contributed by atoms with Crippen LogP contribution in [0.5, 0.6) is 5.75 Å². The fraction of sp³-hybridized carbons (Fsp3) is 0.333. The number of amides is 2. The Morgan fingerprint density at radius 3 is 2.58 bits per heavy atom. The van der Waals surface area contributed by atoms with E-state index in [-0.39, 0.29) is 32.8 Å². The van der Waals surface area contributed by atoms with Gasteiger partial charge < -0.3 is 4.74 Å². The molecule has 1 fully saturated rings. The van der Waals surface area contributed by atoms with E-state index in [1.54, 1.807) is 6.92 Å². The second-order valence-electron chi connectivity index (χ2n) is 4.19. The number of rotatable bonds is 1. The minimum atomic E-state index is -0.754. The highest BCUT2D eigenvalue weighted by atomic mass is 35.5. The first kappa shape index (κ1) is 14.4. The van der Waals surface area contributed by atoms with Gasteiger partial charge in [0.2, 0.25) is 5.91 Å². The van der Waals surface area contributed by atoms with E-state index in [4.69, 9.17) is 39.5 Å². The van der Waals surface area contributed by atoms with Crippen molar-refractivity contribution in [2.75, 3.05) is 0 Å². The summed E-state index contributed by atoms with van der Waals surface area (Å²) in [6.07, 6.45) is 0.212. The summed E-state index contributed by atoms with van der Waals surface area (Å²) < 4.78 is 5.10. The standard InChI is InChI=1S/C12H10Cl3NO3/c1-6-2-5-9(17)16(6)12(18)19-8-4-3-7(13)10(14)11(8)15/h3-4,6H,2,5H2,1H3/t6-/m1/s1. The molecule has 0 radical (unpaired) electrons. The van der Waals surface area contributed by atoms with Gasteiger partial charge in [-0.3, -0.25) is 4.79 Å². The molecule has 1 aliphatic rings. The average molecular weight is 323 g/mol. The Balaban J connectivity index is 2.20. The molecule has 1 heterocycles. The van der Waals surface area contributed by atoms with Gasteiger partial charge in [-0.2, -0.15) is 0 Å². The Hall–Kier alpha value is -0.970. The fourth-order valence-corrected chi connectivity index (χ4v) is 2.41. The van der Waals surface area contributed by atoms with Gasteiger partial charge in [0.1, 0.15) is 5.02 Å². The van der Waals surface area contributed by atoms with Crippen LogP contribution in [0.2, 0.25) is 15.1 Å². The van der Waals surface area contributed by atoms with Crippen LogP contribution in [-0.2, 0) is 4.79 Å². The van der Waals surface area contributed by atoms with Crippen molar-refractivity contribution in [2.45, 2.75) is 25.8 Å². The smallest absolute Gasteiger partial charge is 0.408 e. The summed E-state index contributed by atoms with van der Waals surface area (Å²) in [6, 6.07) is 2.72. The van der Waals surface area contributed by atoms with Crippen LogP contribution in [0.25, 0.3) is 0 Å². The molecule has 7 heteroatoms. The molecule has 0 bridgehead atoms. The van der Waals surface area contributed by atoms with Crippen molar-refractivity contribution in [2.24, 2.45) is 0 Å². The SMILES string of the molecule is C[C@@H]1CCC(=O)N1C(=O)Oc1ccc(Cl)c(Cl)c1Cl. The van der Waals surface area contributed by atoms with Crippen LogP contribution >= 0.6 is 34.8 Å². The molecule has 4 nitrogen and oxygen atoms in total. The van der Waals surface area contributed by atoms with Gasteiger partial charge in [0.05, 0.1) is 10.0 Å². The second-order valence-corrected chi connectivity index (χ2v) is 5.36. The highest BCUT2D eigenvalue weighted by Gasteiger charge is 2.34. The van der Waals surface area contributed by atoms with Gasteiger partial charge in [-0.25, -0.2) is 9.69 Å². The molecule has 0 unspecified atom stereocenters. The predicted octanol–water partition coefficient (Wildman–Crippen LogP) is 4.16. The second kappa shape index (κ2) is 5.57. The van der Waals surface area contributed by atoms with E-state index in [1.807, 2.05) is 0 Å². The van der Waals surface area contributed by atoms with E-state index in [2.05, 4.69) is 0 Å². The molecule has 102 valence electrons. The van der Waals surface area contributed by atoms with Crippen LogP contribution in [0.4, 0.5) is 4.79 Å². The van der Waals surface area contributed by atoms with Gasteiger partial charge in [0.25, 0.3) is 0 Å². The van der Waals surface area contributed by atoms with Crippen molar-refractivity contribution in [3.63, 3.8) is 0 Å². The van der Waals surface area contributed by atoms with Crippen molar-refractivity contribution in [1.29, 1.82) is 0 Å². The maximum Gasteiger partial charge on any atom is 0.422 e. The normalized spacial score (nSPS) is 18.8. The first-order chi connectivity index (χ1) is 8.91. The number of halogens is 3. The van der Waals surface area contributed by atoms with E-state index in [0.717, 1.165) is 4.90 Å². The molecule has 2 amide bonds. The Kier molecular flexibility index (Phi) is 4.23. The van der Waals surface area contributed by atoms with Crippen LogP contribution in [0, 0.1) is 0 Å². The Morgan fingerprint density at radius 1 is 1.32 bits per heavy atom. The van der Waals surface area contributed by atoms with Crippen molar-refractivity contribution < 1.29 is 14.3 Å². The van der Waals surface area contributed by atoms with Crippen molar-refractivity contribution >= 4 is 46.8 Å². The number of ether oxygens (including phenoxy) is 1. The quantitative estimate of drug-likeness (QED) is 0.729. The third kappa shape index (κ3) is 2.81. The van der Waals surface area contributed by atoms with E-state index >= 15 is 0 Å². The summed E-state index contributed by atoms with van der Waals surface area (Å²) in [5, 5.41) is 0.410. The van der Waals surface area contributed by atoms with Crippen LogP contribution in [0.3, 0.4) is 0 Å². The minimum Gasteiger partial charge on any atom is -0.408 e. The number of benzene rings is 1. The average Bonchev–Trinajstić information content (AvgIpc) is 2.70. The zero-order valence-corrected chi connectivity index (χ0v) is 12.2. The van der Waals surface area contributed by atoms with Crippen LogP contribution in [0.1, 0.15) is 19.8 Å². The number of carbonyl (C=O) groups is 2. The monoisotopic (exact) mass is 321 g/mol. The number of carbonyl (C=O) groups excluding carboxylic acids is 2. The van der Waals surface area contributed by atoms with Crippen LogP contribution in [-0.4, -0.2) is 22.9 Å². The molecular formula is C12H10Cl3NO3. The van der Waals surface area contributed by atoms with Gasteiger partial charge in [0.15, 0.2) is 5.75 Å². The third-order valence-electron chi connectivity index (χ3n) is 2.88. The largest absolute Gasteiger partial charge is 0.422 e. The highest BCUT2D eigenvalue weighted by Crippen LogP contribution is 2.37. The maximum atomic E-state index is 11.9. The van der Waals surface area contributed by atoms with Gasteiger partial charge >= 0.3 is 6.09 Å². The lowest BCUT2D eigenvalue weighted by molar-refractivity contribution is -0.126. The lowest BCUT2D eigenvalue weighted by Crippen LogP contribution is -2.39. The lowest BCUT2D eigenvalue weighted by Gasteiger charge is -2.19. The summed E-state index contributed by atoms with van der Waals surface area (Å²) in [4.78, 5) is 24.6. The molecule has 0 aromatic heterocycles. The molecule has 1 saturated heterocycles. The van der Waals surface area contributed by atoms with Crippen molar-refractivity contribution in [3.8, 4) is 5.75 Å². The molecule has 0 saturated carbocycles. The third-order valence-corrected chi connectivity index (χ3v) is 4.16. The maximum absolute atomic E-state index is 11.9. The molecule has 2 rings (SSSR count). The van der Waals surface area contributed by atoms with Gasteiger partial charge in [-0.1, -0.05) is 34.8 Å². The molecule has 0 N–H and O–H groups in total. The summed E-state index contributed by atoms with van der Waals surface area (Å²) in [6.45, 7) is 1.78. The fourth-order valence-electron chi connectivity index (χ4n) is 1.84. The van der Waals surface area contributed by atoms with Gasteiger partial charge in [0, 0.05) is 12.5 Å². The molecule has 1 atom stereocenters. The zero-order chi connectivity index (χ0) is 14.2. The Bertz CT molecular complexity index is 547. The molecular weight excluding hydrogens is 312 g/mol. The predicted molar refractivity (Wildman–Crippen MR) is 73.0 cm³/mol. The molecule has 0 spiro atoms. The minimum absolute atomic E-state index is 0.0433. The molecule has 19 heavy (non-hydrogen) atoms. The summed E-state index contributed by atoms with van der Waals surface area (Å²) >= 11 is 17.5. The Morgan fingerprint density at radius 2 is 2.00 bits per heavy atom. The highest BCUT2D eigenvalue weighted by molar-refractivity contribution is 6.48. The molecule has 1 aromatic carbocycles. The van der Waals surface area contributed by atoms with E-state index in [0.29, 0.717) is 12.8 Å². The summed E-state index contributed by atoms with van der Waals surface area (Å²) in [5.74, 6) is -0.179. The number of likely N-dealkylation sites (tertiary alicyclic amines) is 1. The number of hydrogen-bond acceptors (Lipinski definition) is 3. The van der Waals surface area contributed by atoms with Crippen LogP contribution in [0.15, 0.2) is 12.1 Å². The van der Waals surface area contributed by atoms with Crippen molar-refractivity contribution in [3.05, 3.63) is 27.2 Å². The number of nitrogens with zero attached hydrogens (tertiary/aromatic N) is 1.